The monoisotopic (exact) mass is 275 g/mol. The van der Waals surface area contributed by atoms with E-state index in [9.17, 15) is 4.79 Å². The van der Waals surface area contributed by atoms with E-state index in [0.717, 1.165) is 50.3 Å². The van der Waals surface area contributed by atoms with Gasteiger partial charge >= 0.3 is 0 Å². The molecule has 0 radical (unpaired) electrons. The van der Waals surface area contributed by atoms with Crippen molar-refractivity contribution in [1.82, 2.24) is 4.90 Å². The molecule has 2 N–H and O–H groups in total. The van der Waals surface area contributed by atoms with E-state index in [-0.39, 0.29) is 11.9 Å². The van der Waals surface area contributed by atoms with Crippen LogP contribution in [0.25, 0.3) is 0 Å². The Morgan fingerprint density at radius 1 is 1.40 bits per heavy atom. The van der Waals surface area contributed by atoms with Crippen molar-refractivity contribution in [3.05, 3.63) is 24.3 Å². The average molecular weight is 275 g/mol. The van der Waals surface area contributed by atoms with Crippen LogP contribution in [0.15, 0.2) is 24.3 Å². The van der Waals surface area contributed by atoms with E-state index in [2.05, 4.69) is 11.8 Å². The van der Waals surface area contributed by atoms with Gasteiger partial charge in [0.1, 0.15) is 6.04 Å². The Balaban J connectivity index is 2.16. The predicted molar refractivity (Wildman–Crippen MR) is 83.8 cm³/mol. The second-order valence-corrected chi connectivity index (χ2v) is 5.50. The fraction of sp³-hybridized carbons (Fsp3) is 0.562. The van der Waals surface area contributed by atoms with Crippen molar-refractivity contribution in [2.75, 3.05) is 30.3 Å². The molecule has 20 heavy (non-hydrogen) atoms. The van der Waals surface area contributed by atoms with Crippen LogP contribution < -0.4 is 10.6 Å². The Labute approximate surface area is 121 Å². The predicted octanol–water partition coefficient (Wildman–Crippen LogP) is 2.50. The number of nitrogens with zero attached hydrogens (tertiary/aromatic N) is 2. The molecular formula is C16H25N3O. The van der Waals surface area contributed by atoms with E-state index in [1.54, 1.807) is 0 Å². The highest BCUT2D eigenvalue weighted by molar-refractivity contribution is 5.85. The minimum Gasteiger partial charge on any atom is -0.399 e. The summed E-state index contributed by atoms with van der Waals surface area (Å²) in [5.74, 6) is 0.235. The number of hydrogen-bond donors (Lipinski definition) is 1. The van der Waals surface area contributed by atoms with Gasteiger partial charge in [0.25, 0.3) is 0 Å². The fourth-order valence-electron chi connectivity index (χ4n) is 2.83. The lowest BCUT2D eigenvalue weighted by molar-refractivity contribution is -0.131. The molecule has 2 rings (SSSR count). The third-order valence-corrected chi connectivity index (χ3v) is 3.91. The summed E-state index contributed by atoms with van der Waals surface area (Å²) in [6.45, 7) is 6.80. The molecule has 0 aliphatic carbocycles. The highest BCUT2D eigenvalue weighted by Crippen LogP contribution is 2.22. The lowest BCUT2D eigenvalue weighted by Gasteiger charge is -2.33. The number of nitrogen functional groups attached to an aromatic ring is 1. The van der Waals surface area contributed by atoms with E-state index in [4.69, 9.17) is 5.73 Å². The molecule has 0 spiro atoms. The summed E-state index contributed by atoms with van der Waals surface area (Å²) in [5, 5.41) is 0. The zero-order valence-corrected chi connectivity index (χ0v) is 12.5. The van der Waals surface area contributed by atoms with Crippen molar-refractivity contribution in [1.29, 1.82) is 0 Å². The van der Waals surface area contributed by atoms with E-state index >= 15 is 0 Å². The molecule has 1 aliphatic rings. The van der Waals surface area contributed by atoms with Crippen LogP contribution >= 0.6 is 0 Å². The molecule has 0 saturated carbocycles. The van der Waals surface area contributed by atoms with Gasteiger partial charge < -0.3 is 15.5 Å². The van der Waals surface area contributed by atoms with Gasteiger partial charge in [-0.2, -0.15) is 0 Å². The van der Waals surface area contributed by atoms with E-state index < -0.39 is 0 Å². The maximum absolute atomic E-state index is 12.6. The highest BCUT2D eigenvalue weighted by Gasteiger charge is 2.27. The summed E-state index contributed by atoms with van der Waals surface area (Å²) in [7, 11) is 0. The average Bonchev–Trinajstić information content (AvgIpc) is 2.97. The molecule has 0 bridgehead atoms. The number of nitrogens with two attached hydrogens (primary N) is 1. The van der Waals surface area contributed by atoms with Crippen molar-refractivity contribution in [3.63, 3.8) is 0 Å². The van der Waals surface area contributed by atoms with Crippen LogP contribution in [0.4, 0.5) is 11.4 Å². The van der Waals surface area contributed by atoms with Crippen LogP contribution in [-0.2, 0) is 4.79 Å². The summed E-state index contributed by atoms with van der Waals surface area (Å²) in [5.41, 5.74) is 7.64. The molecule has 4 heteroatoms. The fourth-order valence-corrected chi connectivity index (χ4v) is 2.83. The largest absolute Gasteiger partial charge is 0.399 e. The molecule has 1 aliphatic heterocycles. The van der Waals surface area contributed by atoms with Gasteiger partial charge in [-0.25, -0.2) is 0 Å². The topological polar surface area (TPSA) is 49.6 Å². The smallest absolute Gasteiger partial charge is 0.244 e. The highest BCUT2D eigenvalue weighted by atomic mass is 16.2. The second kappa shape index (κ2) is 6.64. The van der Waals surface area contributed by atoms with Crippen molar-refractivity contribution >= 4 is 17.3 Å². The van der Waals surface area contributed by atoms with Gasteiger partial charge in [0.15, 0.2) is 0 Å². The lowest BCUT2D eigenvalue weighted by Crippen LogP contribution is -2.46. The Hall–Kier alpha value is -1.71. The lowest BCUT2D eigenvalue weighted by atomic mass is 10.1. The van der Waals surface area contributed by atoms with Gasteiger partial charge in [-0.05, 0) is 44.4 Å². The Morgan fingerprint density at radius 3 is 2.70 bits per heavy atom. The summed E-state index contributed by atoms with van der Waals surface area (Å²) in [6, 6.07) is 7.67. The molecule has 4 nitrogen and oxygen atoms in total. The standard InChI is InChI=1S/C16H25N3O/c1-3-9-19(15-8-6-7-14(17)12-15)13(2)16(20)18-10-4-5-11-18/h6-8,12-13H,3-5,9-11,17H2,1-2H3. The number of benzene rings is 1. The molecule has 1 amide bonds. The maximum Gasteiger partial charge on any atom is 0.244 e. The molecule has 1 saturated heterocycles. The van der Waals surface area contributed by atoms with Gasteiger partial charge in [-0.3, -0.25) is 4.79 Å². The Bertz CT molecular complexity index is 455. The molecule has 1 unspecified atom stereocenters. The molecular weight excluding hydrogens is 250 g/mol. The third kappa shape index (κ3) is 3.24. The summed E-state index contributed by atoms with van der Waals surface area (Å²) in [4.78, 5) is 16.7. The zero-order valence-electron chi connectivity index (χ0n) is 12.5. The summed E-state index contributed by atoms with van der Waals surface area (Å²) in [6.07, 6.45) is 3.27. The van der Waals surface area contributed by atoms with E-state index in [1.165, 1.54) is 0 Å². The molecule has 1 heterocycles. The number of rotatable bonds is 5. The molecule has 1 fully saturated rings. The second-order valence-electron chi connectivity index (χ2n) is 5.50. The normalized spacial score (nSPS) is 16.2. The van der Waals surface area contributed by atoms with Crippen molar-refractivity contribution in [3.8, 4) is 0 Å². The van der Waals surface area contributed by atoms with Gasteiger partial charge in [-0.1, -0.05) is 13.0 Å². The quantitative estimate of drug-likeness (QED) is 0.840. The van der Waals surface area contributed by atoms with Crippen LogP contribution in [0.5, 0.6) is 0 Å². The summed E-state index contributed by atoms with van der Waals surface area (Å²) < 4.78 is 0. The molecule has 0 aromatic heterocycles. The number of carbonyl (C=O) groups is 1. The van der Waals surface area contributed by atoms with E-state index in [0.29, 0.717) is 0 Å². The first-order chi connectivity index (χ1) is 9.63. The van der Waals surface area contributed by atoms with Crippen molar-refractivity contribution in [2.24, 2.45) is 0 Å². The van der Waals surface area contributed by atoms with E-state index in [1.807, 2.05) is 36.1 Å². The first kappa shape index (κ1) is 14.7. The van der Waals surface area contributed by atoms with Crippen molar-refractivity contribution < 1.29 is 4.79 Å². The number of amides is 1. The number of likely N-dealkylation sites (tertiary alicyclic amines) is 1. The number of hydrogen-bond acceptors (Lipinski definition) is 3. The first-order valence-corrected chi connectivity index (χ1v) is 7.54. The Morgan fingerprint density at radius 2 is 2.10 bits per heavy atom. The van der Waals surface area contributed by atoms with Gasteiger partial charge in [0, 0.05) is 31.0 Å². The first-order valence-electron chi connectivity index (χ1n) is 7.54. The van der Waals surface area contributed by atoms with Crippen molar-refractivity contribution in [2.45, 2.75) is 39.2 Å². The zero-order chi connectivity index (χ0) is 14.5. The minimum absolute atomic E-state index is 0.130. The Kier molecular flexibility index (Phi) is 4.88. The van der Waals surface area contributed by atoms with Crippen LogP contribution in [0.2, 0.25) is 0 Å². The minimum atomic E-state index is -0.130. The van der Waals surface area contributed by atoms with Gasteiger partial charge in [0.2, 0.25) is 5.91 Å². The number of carbonyl (C=O) groups excluding carboxylic acids is 1. The molecule has 110 valence electrons. The van der Waals surface area contributed by atoms with Gasteiger partial charge in [-0.15, -0.1) is 0 Å². The molecule has 1 atom stereocenters. The molecule has 1 aromatic carbocycles. The maximum atomic E-state index is 12.6. The van der Waals surface area contributed by atoms with Crippen LogP contribution in [-0.4, -0.2) is 36.5 Å². The molecule has 1 aromatic rings. The third-order valence-electron chi connectivity index (χ3n) is 3.91. The SMILES string of the molecule is CCCN(c1cccc(N)c1)C(C)C(=O)N1CCCC1. The van der Waals surface area contributed by atoms with Gasteiger partial charge in [0.05, 0.1) is 0 Å². The van der Waals surface area contributed by atoms with Crippen LogP contribution in [0.1, 0.15) is 33.1 Å². The van der Waals surface area contributed by atoms with Crippen LogP contribution in [0.3, 0.4) is 0 Å². The summed E-state index contributed by atoms with van der Waals surface area (Å²) >= 11 is 0. The van der Waals surface area contributed by atoms with Crippen LogP contribution in [0, 0.1) is 0 Å². The number of anilines is 2.